The Bertz CT molecular complexity index is 1450. The van der Waals surface area contributed by atoms with Crippen molar-refractivity contribution in [1.82, 2.24) is 9.97 Å². The van der Waals surface area contributed by atoms with Gasteiger partial charge in [0.2, 0.25) is 17.7 Å². The van der Waals surface area contributed by atoms with Gasteiger partial charge in [0.05, 0.1) is 35.2 Å². The molecule has 3 rings (SSSR count). The zero-order chi connectivity index (χ0) is 30.4. The summed E-state index contributed by atoms with van der Waals surface area (Å²) in [4.78, 5) is 23.7. The number of hydrogen-bond acceptors (Lipinski definition) is 11. The Labute approximate surface area is 242 Å². The number of amides is 1. The van der Waals surface area contributed by atoms with Gasteiger partial charge in [-0.25, -0.2) is 0 Å². The fourth-order valence-electron chi connectivity index (χ4n) is 3.79. The van der Waals surface area contributed by atoms with Crippen molar-refractivity contribution in [3.63, 3.8) is 0 Å². The number of hydrogen-bond donors (Lipinski definition) is 1. The van der Waals surface area contributed by atoms with Crippen LogP contribution in [0.5, 0.6) is 23.5 Å². The number of carbonyl (C=O) groups excluding carboxylic acids is 1. The number of anilines is 2. The quantitative estimate of drug-likeness (QED) is 0.209. The average Bonchev–Trinajstić information content (AvgIpc) is 3.37. The number of carbonyl (C=O) groups is 1. The molecule has 0 unspecified atom stereocenters. The molecule has 0 aliphatic rings. The molecule has 1 aromatic carbocycles. The van der Waals surface area contributed by atoms with Gasteiger partial charge in [-0.3, -0.25) is 8.98 Å². The highest BCUT2D eigenvalue weighted by Gasteiger charge is 2.24. The summed E-state index contributed by atoms with van der Waals surface area (Å²) in [5, 5.41) is 3.94. The van der Waals surface area contributed by atoms with Crippen LogP contribution in [0.4, 0.5) is 11.6 Å². The number of methoxy groups -OCH3 is 2. The summed E-state index contributed by atoms with van der Waals surface area (Å²) in [6, 6.07) is 9.23. The maximum absolute atomic E-state index is 13.1. The van der Waals surface area contributed by atoms with Crippen molar-refractivity contribution in [2.45, 2.75) is 39.9 Å². The van der Waals surface area contributed by atoms with Gasteiger partial charge < -0.3 is 28.8 Å². The third-order valence-electron chi connectivity index (χ3n) is 5.96. The van der Waals surface area contributed by atoms with E-state index < -0.39 is 24.1 Å². The first kappa shape index (κ1) is 31.9. The zero-order valence-electron chi connectivity index (χ0n) is 24.7. The highest BCUT2D eigenvalue weighted by Crippen LogP contribution is 2.34. The number of benzene rings is 1. The molecule has 0 spiro atoms. The van der Waals surface area contributed by atoms with E-state index in [1.165, 1.54) is 25.5 Å². The van der Waals surface area contributed by atoms with Gasteiger partial charge in [0.15, 0.2) is 11.4 Å². The Morgan fingerprint density at radius 1 is 1.05 bits per heavy atom. The van der Waals surface area contributed by atoms with Crippen molar-refractivity contribution in [2.24, 2.45) is 0 Å². The number of rotatable bonds is 14. The monoisotopic (exact) mass is 606 g/mol. The lowest BCUT2D eigenvalue weighted by Crippen LogP contribution is -2.37. The summed E-state index contributed by atoms with van der Waals surface area (Å²) < 4.78 is 50.1. The lowest BCUT2D eigenvalue weighted by Gasteiger charge is -2.23. The van der Waals surface area contributed by atoms with Gasteiger partial charge in [-0.1, -0.05) is 43.9 Å². The van der Waals surface area contributed by atoms with Crippen LogP contribution in [0.25, 0.3) is 0 Å². The standard InChI is InChI=1S/C27H38N4O8SSi/c1-9-14-31(15-16-37-40(5,33)34)27-29-25(35-3)23(26(30-27)36-4)28-24(32)20-12-13-22(38-20)39-21-17-19(41(6,7)8)11-10-18(21)2/h10-13,17H,9,14-16H2,1-8H3,(H,28,32). The van der Waals surface area contributed by atoms with E-state index in [9.17, 15) is 13.2 Å². The molecule has 2 aromatic heterocycles. The Morgan fingerprint density at radius 2 is 1.71 bits per heavy atom. The largest absolute Gasteiger partial charge is 0.479 e. The third-order valence-corrected chi connectivity index (χ3v) is 8.60. The second-order valence-corrected chi connectivity index (χ2v) is 17.1. The Kier molecular flexibility index (Phi) is 10.4. The summed E-state index contributed by atoms with van der Waals surface area (Å²) in [5.74, 6) is 0.560. The first-order valence-electron chi connectivity index (χ1n) is 13.0. The smallest absolute Gasteiger partial charge is 0.291 e. The van der Waals surface area contributed by atoms with Crippen LogP contribution in [0.3, 0.4) is 0 Å². The minimum absolute atomic E-state index is 0.00211. The maximum atomic E-state index is 13.1. The highest BCUT2D eigenvalue weighted by molar-refractivity contribution is 7.85. The lowest BCUT2D eigenvalue weighted by atomic mass is 10.2. The van der Waals surface area contributed by atoms with E-state index >= 15 is 0 Å². The van der Waals surface area contributed by atoms with Crippen molar-refractivity contribution >= 4 is 40.9 Å². The first-order valence-corrected chi connectivity index (χ1v) is 18.4. The summed E-state index contributed by atoms with van der Waals surface area (Å²) in [7, 11) is -2.36. The summed E-state index contributed by atoms with van der Waals surface area (Å²) in [6.07, 6.45) is 1.72. The van der Waals surface area contributed by atoms with Crippen LogP contribution < -0.4 is 29.6 Å². The van der Waals surface area contributed by atoms with Gasteiger partial charge in [0, 0.05) is 19.2 Å². The molecule has 1 N–H and O–H groups in total. The molecule has 0 atom stereocenters. The van der Waals surface area contributed by atoms with Gasteiger partial charge in [0.1, 0.15) is 5.75 Å². The van der Waals surface area contributed by atoms with Crippen LogP contribution in [0.15, 0.2) is 34.7 Å². The Morgan fingerprint density at radius 3 is 2.27 bits per heavy atom. The maximum Gasteiger partial charge on any atom is 0.291 e. The molecule has 0 saturated carbocycles. The Hall–Kier alpha value is -3.62. The van der Waals surface area contributed by atoms with Crippen LogP contribution in [-0.2, 0) is 14.3 Å². The van der Waals surface area contributed by atoms with Crippen molar-refractivity contribution in [3.05, 3.63) is 41.7 Å². The van der Waals surface area contributed by atoms with Gasteiger partial charge >= 0.3 is 0 Å². The molecule has 0 saturated heterocycles. The van der Waals surface area contributed by atoms with Crippen molar-refractivity contribution < 1.29 is 36.0 Å². The highest BCUT2D eigenvalue weighted by atomic mass is 32.2. The van der Waals surface area contributed by atoms with Crippen LogP contribution in [-0.4, -0.2) is 72.5 Å². The molecular formula is C27H38N4O8SSi. The summed E-state index contributed by atoms with van der Waals surface area (Å²) >= 11 is 0. The zero-order valence-corrected chi connectivity index (χ0v) is 26.5. The van der Waals surface area contributed by atoms with E-state index in [0.29, 0.717) is 12.3 Å². The molecule has 3 aromatic rings. The number of furan rings is 1. The summed E-state index contributed by atoms with van der Waals surface area (Å²) in [5.41, 5.74) is 1.05. The van der Waals surface area contributed by atoms with Gasteiger partial charge in [-0.2, -0.15) is 18.4 Å². The van der Waals surface area contributed by atoms with Crippen LogP contribution >= 0.6 is 0 Å². The molecule has 14 heteroatoms. The first-order chi connectivity index (χ1) is 19.2. The van der Waals surface area contributed by atoms with Crippen LogP contribution in [0.1, 0.15) is 29.5 Å². The van der Waals surface area contributed by atoms with Gasteiger partial charge in [-0.05, 0) is 31.0 Å². The SMILES string of the molecule is CCCN(CCOS(C)(=O)=O)c1nc(OC)c(NC(=O)c2ccc(Oc3cc([Si](C)(C)C)ccc3C)o2)c(OC)n1. The predicted molar refractivity (Wildman–Crippen MR) is 159 cm³/mol. The predicted octanol–water partition coefficient (Wildman–Crippen LogP) is 4.18. The lowest BCUT2D eigenvalue weighted by molar-refractivity contribution is 0.0990. The minimum Gasteiger partial charge on any atom is -0.479 e. The average molecular weight is 607 g/mol. The van der Waals surface area contributed by atoms with Crippen LogP contribution in [0.2, 0.25) is 19.6 Å². The second-order valence-electron chi connectivity index (χ2n) is 10.3. The summed E-state index contributed by atoms with van der Waals surface area (Å²) in [6.45, 7) is 11.3. The van der Waals surface area contributed by atoms with Crippen molar-refractivity contribution in [1.29, 1.82) is 0 Å². The number of aromatic nitrogens is 2. The van der Waals surface area contributed by atoms with E-state index in [0.717, 1.165) is 18.2 Å². The third kappa shape index (κ3) is 8.68. The van der Waals surface area contributed by atoms with E-state index in [1.54, 1.807) is 11.0 Å². The molecular weight excluding hydrogens is 568 g/mol. The molecule has 0 bridgehead atoms. The number of nitrogens with zero attached hydrogens (tertiary/aromatic N) is 3. The molecule has 2 heterocycles. The minimum atomic E-state index is -3.60. The van der Waals surface area contributed by atoms with E-state index in [1.807, 2.05) is 26.0 Å². The number of nitrogens with one attached hydrogen (secondary N) is 1. The topological polar surface area (TPSA) is 142 Å². The number of ether oxygens (including phenoxy) is 3. The molecule has 1 amide bonds. The second kappa shape index (κ2) is 13.4. The number of aryl methyl sites for hydroxylation is 1. The van der Waals surface area contributed by atoms with E-state index in [2.05, 4.69) is 41.0 Å². The molecule has 224 valence electrons. The molecule has 0 radical (unpaired) electrons. The fraction of sp³-hybridized carbons (Fsp3) is 0.444. The molecule has 12 nitrogen and oxygen atoms in total. The normalized spacial score (nSPS) is 11.7. The van der Waals surface area contributed by atoms with Crippen LogP contribution in [0, 0.1) is 6.92 Å². The van der Waals surface area contributed by atoms with E-state index in [-0.39, 0.29) is 48.3 Å². The van der Waals surface area contributed by atoms with Gasteiger partial charge in [-0.15, -0.1) is 0 Å². The molecule has 0 fully saturated rings. The Balaban J connectivity index is 1.82. The van der Waals surface area contributed by atoms with E-state index in [4.69, 9.17) is 22.8 Å². The van der Waals surface area contributed by atoms with Gasteiger partial charge in [0.25, 0.3) is 22.0 Å². The van der Waals surface area contributed by atoms with Crippen molar-refractivity contribution in [2.75, 3.05) is 50.4 Å². The van der Waals surface area contributed by atoms with Crippen molar-refractivity contribution in [3.8, 4) is 23.5 Å². The fourth-order valence-corrected chi connectivity index (χ4v) is 5.32. The molecule has 0 aliphatic heterocycles. The molecule has 0 aliphatic carbocycles. The molecule has 41 heavy (non-hydrogen) atoms.